The van der Waals surface area contributed by atoms with E-state index < -0.39 is 0 Å². The average molecular weight is 555 g/mol. The Morgan fingerprint density at radius 1 is 0.697 bits per heavy atom. The first kappa shape index (κ1) is 28.2. The van der Waals surface area contributed by atoms with Gasteiger partial charge in [-0.2, -0.15) is 0 Å². The van der Waals surface area contributed by atoms with Crippen LogP contribution >= 0.6 is 7.92 Å². The summed E-state index contributed by atoms with van der Waals surface area (Å²) in [6.45, 7) is 8.18. The van der Waals surface area contributed by atoms with E-state index in [4.69, 9.17) is 4.74 Å². The third-order valence-corrected chi connectivity index (χ3v) is 10.2. The maximum absolute atomic E-state index is 4.90. The molecule has 0 aliphatic heterocycles. The third-order valence-electron chi connectivity index (χ3n) is 6.67. The molecule has 2 aromatic carbocycles. The summed E-state index contributed by atoms with van der Waals surface area (Å²) in [6.07, 6.45) is 18.1. The second-order valence-electron chi connectivity index (χ2n) is 8.99. The van der Waals surface area contributed by atoms with Crippen molar-refractivity contribution in [1.29, 1.82) is 0 Å². The van der Waals surface area contributed by atoms with Crippen molar-refractivity contribution < 1.29 is 25.2 Å². The van der Waals surface area contributed by atoms with Crippen LogP contribution in [0.5, 0.6) is 0 Å². The van der Waals surface area contributed by atoms with E-state index in [-0.39, 0.29) is 28.3 Å². The first-order valence-electron chi connectivity index (χ1n) is 12.6. The largest absolute Gasteiger partial charge is 0.373 e. The molecule has 2 aliphatic rings. The number of benzene rings is 2. The molecule has 4 rings (SSSR count). The van der Waals surface area contributed by atoms with Gasteiger partial charge in [-0.25, -0.2) is 0 Å². The van der Waals surface area contributed by atoms with Crippen LogP contribution in [0, 0.1) is 0 Å². The Hall–Kier alpha value is -1.03. The summed E-state index contributed by atoms with van der Waals surface area (Å²) in [4.78, 5) is 0. The first-order chi connectivity index (χ1) is 15.8. The molecule has 1 nitrogen and oxygen atoms in total. The molecule has 2 aliphatic carbocycles. The van der Waals surface area contributed by atoms with Crippen LogP contribution in [0.1, 0.15) is 64.2 Å². The summed E-state index contributed by atoms with van der Waals surface area (Å²) < 4.78 is 4.90. The average Bonchev–Trinajstić information content (AvgIpc) is 2.87. The van der Waals surface area contributed by atoms with Crippen LogP contribution in [-0.4, -0.2) is 24.5 Å². The van der Waals surface area contributed by atoms with Gasteiger partial charge in [-0.15, -0.1) is 13.2 Å². The van der Waals surface area contributed by atoms with Crippen LogP contribution in [0.2, 0.25) is 0 Å². The van der Waals surface area contributed by atoms with Gasteiger partial charge in [-0.1, -0.05) is 113 Å². The Morgan fingerprint density at radius 2 is 1.18 bits per heavy atom. The van der Waals surface area contributed by atoms with Crippen molar-refractivity contribution in [3.63, 3.8) is 0 Å². The zero-order chi connectivity index (χ0) is 22.4. The Balaban J connectivity index is 0.000000423. The fourth-order valence-electron chi connectivity index (χ4n) is 5.21. The maximum atomic E-state index is 4.90. The molecule has 2 saturated carbocycles. The summed E-state index contributed by atoms with van der Waals surface area (Å²) in [7, 11) is -0.0365. The van der Waals surface area contributed by atoms with Crippen molar-refractivity contribution in [3.05, 3.63) is 79.9 Å². The topological polar surface area (TPSA) is 9.23 Å². The van der Waals surface area contributed by atoms with Crippen LogP contribution in [-0.2, 0) is 25.2 Å². The molecule has 0 spiro atoms. The molecule has 2 aromatic rings. The van der Waals surface area contributed by atoms with E-state index in [9.17, 15) is 0 Å². The second-order valence-corrected chi connectivity index (χ2v) is 11.7. The number of rotatable bonds is 8. The van der Waals surface area contributed by atoms with Gasteiger partial charge in [-0.3, -0.25) is 0 Å². The molecule has 33 heavy (non-hydrogen) atoms. The molecule has 0 saturated heterocycles. The fourth-order valence-corrected chi connectivity index (χ4v) is 9.17. The third kappa shape index (κ3) is 8.92. The van der Waals surface area contributed by atoms with Gasteiger partial charge in [0.2, 0.25) is 0 Å². The summed E-state index contributed by atoms with van der Waals surface area (Å²) in [5, 5.41) is 1.71. The van der Waals surface area contributed by atoms with E-state index in [1.807, 2.05) is 0 Å². The minimum Gasteiger partial charge on any atom is -0.373 e. The van der Waals surface area contributed by atoms with Crippen LogP contribution in [0.15, 0.2) is 79.9 Å². The molecule has 0 bridgehead atoms. The standard InChI is InChI=1S/C24H31P.C6H10O.Pd/c1-4-12-20(13-5-1)23-18-10-11-19-24(23)25(21-14-6-2-7-15-21)22-16-8-3-9-17-22;1-3-5-7-6-4-2;/h1,4-5,10-13,18-19,21-22H,2-3,6-9,14-17H2;3-4H,1-2,5-6H2;. The van der Waals surface area contributed by atoms with Crippen molar-refractivity contribution in [2.75, 3.05) is 13.2 Å². The van der Waals surface area contributed by atoms with Crippen molar-refractivity contribution in [2.24, 2.45) is 0 Å². The SMILES string of the molecule is C=CCOCC=C.[Pd].c1ccc(-c2ccccc2P(C2CCCCC2)C2CCCCC2)cc1. The van der Waals surface area contributed by atoms with Crippen LogP contribution in [0.4, 0.5) is 0 Å². The van der Waals surface area contributed by atoms with E-state index in [1.54, 1.807) is 17.5 Å². The van der Waals surface area contributed by atoms with Crippen molar-refractivity contribution in [1.82, 2.24) is 0 Å². The molecule has 0 atom stereocenters. The van der Waals surface area contributed by atoms with Crippen LogP contribution < -0.4 is 5.30 Å². The predicted molar refractivity (Wildman–Crippen MR) is 143 cm³/mol. The number of hydrogen-bond donors (Lipinski definition) is 0. The summed E-state index contributed by atoms with van der Waals surface area (Å²) in [6, 6.07) is 20.5. The molecule has 0 aromatic heterocycles. The number of hydrogen-bond acceptors (Lipinski definition) is 1. The fraction of sp³-hybridized carbons (Fsp3) is 0.467. The van der Waals surface area contributed by atoms with Gasteiger partial charge < -0.3 is 4.74 Å². The summed E-state index contributed by atoms with van der Waals surface area (Å²) in [5.74, 6) is 0. The Morgan fingerprint density at radius 3 is 1.70 bits per heavy atom. The van der Waals surface area contributed by atoms with E-state index in [0.29, 0.717) is 13.2 Å². The molecule has 0 radical (unpaired) electrons. The zero-order valence-corrected chi connectivity index (χ0v) is 22.5. The van der Waals surface area contributed by atoms with Crippen LogP contribution in [0.3, 0.4) is 0 Å². The molecule has 0 N–H and O–H groups in total. The second kappa shape index (κ2) is 16.6. The zero-order valence-electron chi connectivity index (χ0n) is 20.1. The molecule has 2 fully saturated rings. The van der Waals surface area contributed by atoms with Crippen molar-refractivity contribution in [2.45, 2.75) is 75.5 Å². The molecular formula is C30H41OPPd. The van der Waals surface area contributed by atoms with Gasteiger partial charge in [0.25, 0.3) is 0 Å². The molecule has 3 heteroatoms. The maximum Gasteiger partial charge on any atom is 0.0649 e. The van der Waals surface area contributed by atoms with Gasteiger partial charge >= 0.3 is 0 Å². The molecular weight excluding hydrogens is 514 g/mol. The van der Waals surface area contributed by atoms with Crippen molar-refractivity contribution in [3.8, 4) is 11.1 Å². The normalized spacial score (nSPS) is 16.9. The van der Waals surface area contributed by atoms with Crippen molar-refractivity contribution >= 4 is 13.2 Å². The van der Waals surface area contributed by atoms with Gasteiger partial charge in [0.1, 0.15) is 0 Å². The summed E-state index contributed by atoms with van der Waals surface area (Å²) in [5.41, 5.74) is 4.87. The molecule has 182 valence electrons. The van der Waals surface area contributed by atoms with Gasteiger partial charge in [0, 0.05) is 20.4 Å². The predicted octanol–water partition coefficient (Wildman–Crippen LogP) is 8.50. The van der Waals surface area contributed by atoms with Gasteiger partial charge in [-0.05, 0) is 53.4 Å². The Bertz CT molecular complexity index is 768. The van der Waals surface area contributed by atoms with Crippen LogP contribution in [0.25, 0.3) is 11.1 Å². The van der Waals surface area contributed by atoms with Gasteiger partial charge in [0.05, 0.1) is 13.2 Å². The first-order valence-corrected chi connectivity index (χ1v) is 14.1. The monoisotopic (exact) mass is 554 g/mol. The number of ether oxygens (including phenoxy) is 1. The minimum atomic E-state index is -0.0365. The Kier molecular flexibility index (Phi) is 14.2. The minimum absolute atomic E-state index is 0. The van der Waals surface area contributed by atoms with Gasteiger partial charge in [0.15, 0.2) is 0 Å². The quantitative estimate of drug-likeness (QED) is 0.138. The van der Waals surface area contributed by atoms with E-state index in [2.05, 4.69) is 67.8 Å². The van der Waals surface area contributed by atoms with E-state index >= 15 is 0 Å². The van der Waals surface area contributed by atoms with E-state index in [0.717, 1.165) is 11.3 Å². The smallest absolute Gasteiger partial charge is 0.0649 e. The molecule has 0 heterocycles. The summed E-state index contributed by atoms with van der Waals surface area (Å²) >= 11 is 0. The molecule has 0 unspecified atom stereocenters. The Labute approximate surface area is 217 Å². The molecule has 0 amide bonds. The van der Waals surface area contributed by atoms with E-state index in [1.165, 1.54) is 75.3 Å².